The predicted octanol–water partition coefficient (Wildman–Crippen LogP) is 2.00. The van der Waals surface area contributed by atoms with Gasteiger partial charge in [-0.3, -0.25) is 0 Å². The third-order valence-electron chi connectivity index (χ3n) is 2.99. The van der Waals surface area contributed by atoms with Gasteiger partial charge in [-0.15, -0.1) is 0 Å². The van der Waals surface area contributed by atoms with Crippen molar-refractivity contribution in [1.82, 2.24) is 5.32 Å². The molecule has 1 aromatic rings. The van der Waals surface area contributed by atoms with E-state index in [-0.39, 0.29) is 12.2 Å². The minimum Gasteiger partial charge on any atom is -0.488 e. The molecule has 0 spiro atoms. The second kappa shape index (κ2) is 5.71. The highest BCUT2D eigenvalue weighted by Crippen LogP contribution is 2.30. The average Bonchev–Trinajstić information content (AvgIpc) is 2.70. The number of hydrogen-bond acceptors (Lipinski definition) is 3. The Labute approximate surface area is 107 Å². The summed E-state index contributed by atoms with van der Waals surface area (Å²) in [5.74, 6) is 0.928. The van der Waals surface area contributed by atoms with Crippen LogP contribution in [-0.2, 0) is 6.42 Å². The fraction of sp³-hybridized carbons (Fsp3) is 0.538. The van der Waals surface area contributed by atoms with Gasteiger partial charge in [0, 0.05) is 24.5 Å². The number of aliphatic hydroxyl groups is 1. The van der Waals surface area contributed by atoms with Crippen LogP contribution in [0.25, 0.3) is 0 Å². The Balaban J connectivity index is 1.80. The van der Waals surface area contributed by atoms with Crippen LogP contribution in [0.4, 0.5) is 0 Å². The zero-order valence-corrected chi connectivity index (χ0v) is 10.7. The van der Waals surface area contributed by atoms with Gasteiger partial charge in [-0.05, 0) is 30.2 Å². The maximum atomic E-state index is 9.42. The smallest absolute Gasteiger partial charge is 0.123 e. The SMILES string of the molecule is CCC(O)CNCC1Cc2cc(Cl)ccc2O1. The number of benzene rings is 1. The summed E-state index contributed by atoms with van der Waals surface area (Å²) in [6.07, 6.45) is 1.53. The molecule has 2 rings (SSSR count). The van der Waals surface area contributed by atoms with Crippen molar-refractivity contribution in [3.8, 4) is 5.75 Å². The first kappa shape index (κ1) is 12.7. The van der Waals surface area contributed by atoms with Crippen LogP contribution >= 0.6 is 11.6 Å². The van der Waals surface area contributed by atoms with E-state index >= 15 is 0 Å². The summed E-state index contributed by atoms with van der Waals surface area (Å²) >= 11 is 5.93. The molecule has 0 bridgehead atoms. The Morgan fingerprint density at radius 1 is 1.59 bits per heavy atom. The Morgan fingerprint density at radius 3 is 3.18 bits per heavy atom. The van der Waals surface area contributed by atoms with Gasteiger partial charge in [0.05, 0.1) is 6.10 Å². The lowest BCUT2D eigenvalue weighted by molar-refractivity contribution is 0.158. The number of nitrogens with one attached hydrogen (secondary N) is 1. The van der Waals surface area contributed by atoms with Crippen molar-refractivity contribution in [3.05, 3.63) is 28.8 Å². The van der Waals surface area contributed by atoms with Crippen LogP contribution < -0.4 is 10.1 Å². The highest BCUT2D eigenvalue weighted by Gasteiger charge is 2.22. The summed E-state index contributed by atoms with van der Waals surface area (Å²) in [7, 11) is 0. The molecule has 0 amide bonds. The first-order valence-electron chi connectivity index (χ1n) is 6.03. The van der Waals surface area contributed by atoms with Crippen molar-refractivity contribution in [1.29, 1.82) is 0 Å². The summed E-state index contributed by atoms with van der Waals surface area (Å²) in [6, 6.07) is 5.72. The summed E-state index contributed by atoms with van der Waals surface area (Å²) in [4.78, 5) is 0. The molecule has 94 valence electrons. The summed E-state index contributed by atoms with van der Waals surface area (Å²) < 4.78 is 5.77. The van der Waals surface area contributed by atoms with Crippen molar-refractivity contribution in [2.75, 3.05) is 13.1 Å². The van der Waals surface area contributed by atoms with Crippen LogP contribution in [0.1, 0.15) is 18.9 Å². The average molecular weight is 256 g/mol. The third kappa shape index (κ3) is 3.35. The molecule has 1 aromatic carbocycles. The number of fused-ring (bicyclic) bond motifs is 1. The third-order valence-corrected chi connectivity index (χ3v) is 3.22. The second-order valence-corrected chi connectivity index (χ2v) is 4.85. The molecule has 0 fully saturated rings. The van der Waals surface area contributed by atoms with Gasteiger partial charge >= 0.3 is 0 Å². The predicted molar refractivity (Wildman–Crippen MR) is 68.7 cm³/mol. The van der Waals surface area contributed by atoms with Crippen LogP contribution in [0.2, 0.25) is 5.02 Å². The van der Waals surface area contributed by atoms with Gasteiger partial charge in [-0.25, -0.2) is 0 Å². The van der Waals surface area contributed by atoms with Crippen molar-refractivity contribution in [2.45, 2.75) is 32.0 Å². The van der Waals surface area contributed by atoms with E-state index in [9.17, 15) is 5.11 Å². The number of hydrogen-bond donors (Lipinski definition) is 2. The van der Waals surface area contributed by atoms with Gasteiger partial charge in [0.25, 0.3) is 0 Å². The van der Waals surface area contributed by atoms with E-state index in [1.165, 1.54) is 5.56 Å². The fourth-order valence-corrected chi connectivity index (χ4v) is 2.15. The first-order chi connectivity index (χ1) is 8.19. The molecule has 0 radical (unpaired) electrons. The summed E-state index contributed by atoms with van der Waals surface area (Å²) in [6.45, 7) is 3.34. The number of aliphatic hydroxyl groups excluding tert-OH is 1. The first-order valence-corrected chi connectivity index (χ1v) is 6.40. The topological polar surface area (TPSA) is 41.5 Å². The maximum absolute atomic E-state index is 9.42. The standard InChI is InChI=1S/C13H18ClNO2/c1-2-11(16)7-15-8-12-6-9-5-10(14)3-4-13(9)17-12/h3-5,11-12,15-16H,2,6-8H2,1H3. The van der Waals surface area contributed by atoms with Crippen LogP contribution in [-0.4, -0.2) is 30.4 Å². The molecule has 1 aliphatic heterocycles. The lowest BCUT2D eigenvalue weighted by Crippen LogP contribution is -2.34. The molecule has 1 aliphatic rings. The zero-order chi connectivity index (χ0) is 12.3. The molecule has 0 saturated heterocycles. The van der Waals surface area contributed by atoms with E-state index in [4.69, 9.17) is 16.3 Å². The van der Waals surface area contributed by atoms with E-state index in [1.807, 2.05) is 25.1 Å². The van der Waals surface area contributed by atoms with Crippen LogP contribution in [0.15, 0.2) is 18.2 Å². The largest absolute Gasteiger partial charge is 0.488 e. The summed E-state index contributed by atoms with van der Waals surface area (Å²) in [5, 5.41) is 13.4. The monoisotopic (exact) mass is 255 g/mol. The Bertz CT molecular complexity index is 384. The Kier molecular flexibility index (Phi) is 4.26. The Hall–Kier alpha value is -0.770. The fourth-order valence-electron chi connectivity index (χ4n) is 1.96. The van der Waals surface area contributed by atoms with Crippen molar-refractivity contribution in [3.63, 3.8) is 0 Å². The molecule has 0 aromatic heterocycles. The van der Waals surface area contributed by atoms with E-state index < -0.39 is 0 Å². The van der Waals surface area contributed by atoms with Crippen LogP contribution in [0.3, 0.4) is 0 Å². The number of ether oxygens (including phenoxy) is 1. The van der Waals surface area contributed by atoms with E-state index in [1.54, 1.807) is 0 Å². The minimum atomic E-state index is -0.270. The van der Waals surface area contributed by atoms with E-state index in [0.29, 0.717) is 6.54 Å². The molecule has 0 saturated carbocycles. The lowest BCUT2D eigenvalue weighted by Gasteiger charge is -2.13. The molecule has 1 heterocycles. The minimum absolute atomic E-state index is 0.146. The highest BCUT2D eigenvalue weighted by molar-refractivity contribution is 6.30. The molecular formula is C13H18ClNO2. The van der Waals surface area contributed by atoms with Gasteiger partial charge in [0.2, 0.25) is 0 Å². The molecular weight excluding hydrogens is 238 g/mol. The van der Waals surface area contributed by atoms with Gasteiger partial charge in [0.15, 0.2) is 0 Å². The van der Waals surface area contributed by atoms with Crippen molar-refractivity contribution < 1.29 is 9.84 Å². The molecule has 2 atom stereocenters. The van der Waals surface area contributed by atoms with Gasteiger partial charge < -0.3 is 15.2 Å². The molecule has 2 N–H and O–H groups in total. The molecule has 3 nitrogen and oxygen atoms in total. The van der Waals surface area contributed by atoms with Gasteiger partial charge in [-0.1, -0.05) is 18.5 Å². The highest BCUT2D eigenvalue weighted by atomic mass is 35.5. The second-order valence-electron chi connectivity index (χ2n) is 4.42. The van der Waals surface area contributed by atoms with Crippen molar-refractivity contribution in [2.24, 2.45) is 0 Å². The van der Waals surface area contributed by atoms with Crippen molar-refractivity contribution >= 4 is 11.6 Å². The van der Waals surface area contributed by atoms with E-state index in [0.717, 1.165) is 30.2 Å². The zero-order valence-electron chi connectivity index (χ0n) is 9.95. The number of rotatable bonds is 5. The molecule has 17 heavy (non-hydrogen) atoms. The molecule has 0 aliphatic carbocycles. The van der Waals surface area contributed by atoms with Gasteiger partial charge in [-0.2, -0.15) is 0 Å². The summed E-state index contributed by atoms with van der Waals surface area (Å²) in [5.41, 5.74) is 1.17. The van der Waals surface area contributed by atoms with E-state index in [2.05, 4.69) is 5.32 Å². The van der Waals surface area contributed by atoms with Gasteiger partial charge in [0.1, 0.15) is 11.9 Å². The Morgan fingerprint density at radius 2 is 2.41 bits per heavy atom. The quantitative estimate of drug-likeness (QED) is 0.846. The number of halogens is 1. The van der Waals surface area contributed by atoms with Crippen LogP contribution in [0.5, 0.6) is 5.75 Å². The molecule has 2 unspecified atom stereocenters. The normalized spacial score (nSPS) is 19.8. The maximum Gasteiger partial charge on any atom is 0.123 e. The lowest BCUT2D eigenvalue weighted by atomic mass is 10.1. The molecule has 4 heteroatoms. The van der Waals surface area contributed by atoms with Crippen LogP contribution in [0, 0.1) is 0 Å².